The normalized spacial score (nSPS) is 11.1. The Hall–Kier alpha value is -2.14. The molecule has 0 aliphatic heterocycles. The van der Waals surface area contributed by atoms with E-state index in [-0.39, 0.29) is 4.90 Å². The molecule has 0 saturated heterocycles. The van der Waals surface area contributed by atoms with Crippen molar-refractivity contribution in [1.29, 1.82) is 0 Å². The maximum absolute atomic E-state index is 12.3. The highest BCUT2D eigenvalue weighted by Gasteiger charge is 2.22. The van der Waals surface area contributed by atoms with Crippen LogP contribution in [0.25, 0.3) is 0 Å². The molecule has 0 atom stereocenters. The second-order valence-electron chi connectivity index (χ2n) is 4.68. The lowest BCUT2D eigenvalue weighted by molar-refractivity contribution is 0.102. The molecule has 5 heteroatoms. The summed E-state index contributed by atoms with van der Waals surface area (Å²) in [6, 6.07) is 13.1. The molecule has 0 aromatic heterocycles. The number of hydrogen-bond acceptors (Lipinski definition) is 4. The minimum absolute atomic E-state index is 0.196. The van der Waals surface area contributed by atoms with E-state index in [4.69, 9.17) is 4.74 Å². The topological polar surface area (TPSA) is 60.4 Å². The second kappa shape index (κ2) is 6.10. The van der Waals surface area contributed by atoms with E-state index in [1.165, 1.54) is 19.2 Å². The first-order valence-electron chi connectivity index (χ1n) is 6.39. The molecule has 2 rings (SSSR count). The highest BCUT2D eigenvalue weighted by atomic mass is 32.2. The lowest BCUT2D eigenvalue weighted by atomic mass is 10.1. The number of benzene rings is 2. The third kappa shape index (κ3) is 3.49. The van der Waals surface area contributed by atoms with Gasteiger partial charge >= 0.3 is 0 Å². The molecule has 21 heavy (non-hydrogen) atoms. The largest absolute Gasteiger partial charge is 0.497 e. The molecule has 0 bridgehead atoms. The Morgan fingerprint density at radius 1 is 1.10 bits per heavy atom. The third-order valence-corrected chi connectivity index (χ3v) is 4.91. The number of methoxy groups -OCH3 is 1. The Kier molecular flexibility index (Phi) is 4.43. The van der Waals surface area contributed by atoms with Crippen molar-refractivity contribution in [1.82, 2.24) is 0 Å². The number of rotatable bonds is 5. The fraction of sp³-hybridized carbons (Fsp3) is 0.188. The molecule has 0 fully saturated rings. The molecule has 2 aromatic carbocycles. The Labute approximate surface area is 124 Å². The van der Waals surface area contributed by atoms with Crippen LogP contribution >= 0.6 is 0 Å². The van der Waals surface area contributed by atoms with Gasteiger partial charge in [-0.2, -0.15) is 0 Å². The molecule has 4 nitrogen and oxygen atoms in total. The van der Waals surface area contributed by atoms with E-state index in [2.05, 4.69) is 0 Å². The number of ketones is 1. The molecule has 110 valence electrons. The van der Waals surface area contributed by atoms with Gasteiger partial charge in [0.15, 0.2) is 15.6 Å². The molecule has 0 aliphatic rings. The van der Waals surface area contributed by atoms with Gasteiger partial charge in [-0.05, 0) is 30.7 Å². The number of Topliss-reactive ketones (excluding diaryl/α,β-unsaturated/α-hetero) is 1. The monoisotopic (exact) mass is 304 g/mol. The highest BCUT2D eigenvalue weighted by molar-refractivity contribution is 7.92. The zero-order chi connectivity index (χ0) is 15.5. The highest BCUT2D eigenvalue weighted by Crippen LogP contribution is 2.19. The van der Waals surface area contributed by atoms with Gasteiger partial charge in [0.2, 0.25) is 0 Å². The lowest BCUT2D eigenvalue weighted by Gasteiger charge is -2.07. The molecule has 0 unspecified atom stereocenters. The van der Waals surface area contributed by atoms with Gasteiger partial charge in [-0.3, -0.25) is 4.79 Å². The number of sulfone groups is 1. The quantitative estimate of drug-likeness (QED) is 0.797. The van der Waals surface area contributed by atoms with E-state index < -0.39 is 21.4 Å². The average molecular weight is 304 g/mol. The number of hydrogen-bond donors (Lipinski definition) is 0. The number of aryl methyl sites for hydroxylation is 1. The lowest BCUT2D eigenvalue weighted by Crippen LogP contribution is -2.17. The van der Waals surface area contributed by atoms with Gasteiger partial charge in [0, 0.05) is 5.56 Å². The minimum Gasteiger partial charge on any atom is -0.497 e. The zero-order valence-electron chi connectivity index (χ0n) is 11.9. The van der Waals surface area contributed by atoms with E-state index in [0.717, 1.165) is 0 Å². The SMILES string of the molecule is COc1cccc(C(=O)CS(=O)(=O)c2ccccc2C)c1. The molecule has 0 heterocycles. The number of ether oxygens (including phenoxy) is 1. The maximum atomic E-state index is 12.3. The zero-order valence-corrected chi connectivity index (χ0v) is 12.7. The fourth-order valence-corrected chi connectivity index (χ4v) is 3.55. The maximum Gasteiger partial charge on any atom is 0.186 e. The van der Waals surface area contributed by atoms with E-state index >= 15 is 0 Å². The van der Waals surface area contributed by atoms with Crippen LogP contribution in [0.2, 0.25) is 0 Å². The summed E-state index contributed by atoms with van der Waals surface area (Å²) < 4.78 is 29.7. The van der Waals surface area contributed by atoms with Crippen molar-refractivity contribution in [2.24, 2.45) is 0 Å². The Bertz CT molecular complexity index is 763. The van der Waals surface area contributed by atoms with Crippen molar-refractivity contribution in [2.75, 3.05) is 12.9 Å². The summed E-state index contributed by atoms with van der Waals surface area (Å²) >= 11 is 0. The van der Waals surface area contributed by atoms with Gasteiger partial charge < -0.3 is 4.74 Å². The van der Waals surface area contributed by atoms with Crippen molar-refractivity contribution in [2.45, 2.75) is 11.8 Å². The average Bonchev–Trinajstić information content (AvgIpc) is 2.47. The van der Waals surface area contributed by atoms with Crippen LogP contribution in [0.15, 0.2) is 53.4 Å². The molecule has 0 amide bonds. The van der Waals surface area contributed by atoms with Gasteiger partial charge in [-0.1, -0.05) is 30.3 Å². The summed E-state index contributed by atoms with van der Waals surface area (Å²) in [6.07, 6.45) is 0. The van der Waals surface area contributed by atoms with Crippen LogP contribution in [0.1, 0.15) is 15.9 Å². The first-order chi connectivity index (χ1) is 9.94. The van der Waals surface area contributed by atoms with E-state index in [0.29, 0.717) is 16.9 Å². The summed E-state index contributed by atoms with van der Waals surface area (Å²) in [6.45, 7) is 1.71. The summed E-state index contributed by atoms with van der Waals surface area (Å²) in [5.74, 6) is -0.475. The van der Waals surface area contributed by atoms with Crippen LogP contribution in [0.3, 0.4) is 0 Å². The van der Waals surface area contributed by atoms with Crippen LogP contribution in [0, 0.1) is 6.92 Å². The summed E-state index contributed by atoms with van der Waals surface area (Å²) in [5.41, 5.74) is 0.961. The minimum atomic E-state index is -3.65. The van der Waals surface area contributed by atoms with Gasteiger partial charge in [-0.25, -0.2) is 8.42 Å². The second-order valence-corrected chi connectivity index (χ2v) is 6.64. The molecular weight excluding hydrogens is 288 g/mol. The fourth-order valence-electron chi connectivity index (χ4n) is 2.04. The Morgan fingerprint density at radius 2 is 1.81 bits per heavy atom. The predicted octanol–water partition coefficient (Wildman–Crippen LogP) is 2.66. The van der Waals surface area contributed by atoms with Crippen LogP contribution in [-0.2, 0) is 9.84 Å². The summed E-state index contributed by atoms with van der Waals surface area (Å²) in [7, 11) is -2.15. The van der Waals surface area contributed by atoms with Gasteiger partial charge in [0.25, 0.3) is 0 Å². The third-order valence-electron chi connectivity index (χ3n) is 3.14. The van der Waals surface area contributed by atoms with Crippen molar-refractivity contribution >= 4 is 15.6 Å². The molecular formula is C16H16O4S. The standard InChI is InChI=1S/C16H16O4S/c1-12-6-3-4-9-16(12)21(18,19)11-15(17)13-7-5-8-14(10-13)20-2/h3-10H,11H2,1-2H3. The van der Waals surface area contributed by atoms with Gasteiger partial charge in [-0.15, -0.1) is 0 Å². The van der Waals surface area contributed by atoms with Gasteiger partial charge in [0.1, 0.15) is 11.5 Å². The first-order valence-corrected chi connectivity index (χ1v) is 8.05. The van der Waals surface area contributed by atoms with E-state index in [9.17, 15) is 13.2 Å². The van der Waals surface area contributed by atoms with Crippen molar-refractivity contribution in [3.05, 3.63) is 59.7 Å². The van der Waals surface area contributed by atoms with Crippen molar-refractivity contribution in [3.8, 4) is 5.75 Å². The Balaban J connectivity index is 2.28. The number of carbonyl (C=O) groups excluding carboxylic acids is 1. The molecule has 0 saturated carbocycles. The molecule has 2 aromatic rings. The summed E-state index contributed by atoms with van der Waals surface area (Å²) in [4.78, 5) is 12.4. The van der Waals surface area contributed by atoms with Gasteiger partial charge in [0.05, 0.1) is 12.0 Å². The predicted molar refractivity (Wildman–Crippen MR) is 80.6 cm³/mol. The van der Waals surface area contributed by atoms with E-state index in [1.807, 2.05) is 0 Å². The van der Waals surface area contributed by atoms with Crippen LogP contribution in [0.4, 0.5) is 0 Å². The summed E-state index contributed by atoms with van der Waals surface area (Å²) in [5, 5.41) is 0. The molecule has 0 radical (unpaired) electrons. The smallest absolute Gasteiger partial charge is 0.186 e. The molecule has 0 N–H and O–H groups in total. The van der Waals surface area contributed by atoms with Crippen LogP contribution in [-0.4, -0.2) is 27.1 Å². The van der Waals surface area contributed by atoms with E-state index in [1.54, 1.807) is 43.3 Å². The van der Waals surface area contributed by atoms with Crippen LogP contribution in [0.5, 0.6) is 5.75 Å². The molecule has 0 spiro atoms. The number of carbonyl (C=O) groups is 1. The van der Waals surface area contributed by atoms with Crippen molar-refractivity contribution < 1.29 is 17.9 Å². The Morgan fingerprint density at radius 3 is 2.48 bits per heavy atom. The molecule has 0 aliphatic carbocycles. The van der Waals surface area contributed by atoms with Crippen LogP contribution < -0.4 is 4.74 Å². The first kappa shape index (κ1) is 15.3. The van der Waals surface area contributed by atoms with Crippen molar-refractivity contribution in [3.63, 3.8) is 0 Å².